The molecule has 1 heterocycles. The summed E-state index contributed by atoms with van der Waals surface area (Å²) >= 11 is 0. The minimum absolute atomic E-state index is 0.0152. The molecule has 29 heavy (non-hydrogen) atoms. The number of rotatable bonds is 4. The Labute approximate surface area is 170 Å². The van der Waals surface area contributed by atoms with Crippen molar-refractivity contribution in [1.29, 1.82) is 0 Å². The largest absolute Gasteiger partial charge is 0.469 e. The molecule has 1 aliphatic heterocycles. The zero-order valence-corrected chi connectivity index (χ0v) is 17.0. The van der Waals surface area contributed by atoms with Crippen LogP contribution in [0.15, 0.2) is 0 Å². The van der Waals surface area contributed by atoms with Crippen LogP contribution in [0.1, 0.15) is 57.8 Å². The van der Waals surface area contributed by atoms with Gasteiger partial charge in [0.1, 0.15) is 12.7 Å². The van der Waals surface area contributed by atoms with Gasteiger partial charge in [0.05, 0.1) is 30.7 Å². The molecule has 2 spiro atoms. The summed E-state index contributed by atoms with van der Waals surface area (Å²) in [6.07, 6.45) is 6.90. The maximum atomic E-state index is 13.2. The summed E-state index contributed by atoms with van der Waals surface area (Å²) in [4.78, 5) is 24.9. The number of methoxy groups -OCH3 is 1. The molecule has 0 aromatic carbocycles. The van der Waals surface area contributed by atoms with Crippen molar-refractivity contribution in [3.8, 4) is 0 Å². The molecule has 1 saturated heterocycles. The minimum Gasteiger partial charge on any atom is -0.469 e. The van der Waals surface area contributed by atoms with Crippen molar-refractivity contribution < 1.29 is 33.6 Å². The molecule has 0 aromatic heterocycles. The highest BCUT2D eigenvalue weighted by Crippen LogP contribution is 2.80. The van der Waals surface area contributed by atoms with E-state index in [1.54, 1.807) is 0 Å². The molecule has 0 radical (unpaired) electrons. The van der Waals surface area contributed by atoms with Crippen LogP contribution in [0.4, 0.5) is 0 Å². The minimum atomic E-state index is -0.736. The van der Waals surface area contributed by atoms with E-state index in [9.17, 15) is 14.7 Å². The fraction of sp³-hybridized carbons (Fsp3) is 0.909. The fourth-order valence-electron chi connectivity index (χ4n) is 8.25. The highest BCUT2D eigenvalue weighted by molar-refractivity contribution is 5.78. The first-order valence-electron chi connectivity index (χ1n) is 11.1. The molecule has 3 bridgehead atoms. The smallest absolute Gasteiger partial charge is 0.312 e. The van der Waals surface area contributed by atoms with Crippen molar-refractivity contribution >= 4 is 11.9 Å². The van der Waals surface area contributed by atoms with Gasteiger partial charge in [-0.1, -0.05) is 0 Å². The van der Waals surface area contributed by atoms with E-state index in [-0.39, 0.29) is 36.0 Å². The quantitative estimate of drug-likeness (QED) is 0.714. The van der Waals surface area contributed by atoms with E-state index in [0.717, 1.165) is 38.5 Å². The van der Waals surface area contributed by atoms with Crippen LogP contribution in [-0.4, -0.2) is 54.9 Å². The van der Waals surface area contributed by atoms with Crippen molar-refractivity contribution in [3.63, 3.8) is 0 Å². The first kappa shape index (κ1) is 18.6. The zero-order chi connectivity index (χ0) is 20.1. The van der Waals surface area contributed by atoms with Crippen molar-refractivity contribution in [1.82, 2.24) is 0 Å². The number of fused-ring (bicyclic) bond motifs is 2. The average molecular weight is 406 g/mol. The summed E-state index contributed by atoms with van der Waals surface area (Å²) in [5.74, 6) is -0.314. The number of hydrogen-bond acceptors (Lipinski definition) is 7. The highest BCUT2D eigenvalue weighted by Gasteiger charge is 2.79. The summed E-state index contributed by atoms with van der Waals surface area (Å²) in [6.45, 7) is 0.570. The van der Waals surface area contributed by atoms with E-state index < -0.39 is 16.8 Å². The Kier molecular flexibility index (Phi) is 3.68. The van der Waals surface area contributed by atoms with Gasteiger partial charge in [-0.05, 0) is 56.8 Å². The standard InChI is InChI=1S/C22H30O7/c1-26-17(23)14-2-3-22(7-14)28-11-16(29-22)10-27-18(24)19-4-13-5-20(12-19)15(8-19)9-21(20,25)6-13/h13-16,25H,2-12H2,1H3. The van der Waals surface area contributed by atoms with E-state index >= 15 is 0 Å². The second kappa shape index (κ2) is 5.74. The van der Waals surface area contributed by atoms with Crippen LogP contribution >= 0.6 is 0 Å². The molecule has 7 nitrogen and oxygen atoms in total. The molecule has 6 aliphatic rings. The van der Waals surface area contributed by atoms with Gasteiger partial charge in [-0.25, -0.2) is 0 Å². The third kappa shape index (κ3) is 2.35. The van der Waals surface area contributed by atoms with Gasteiger partial charge in [-0.15, -0.1) is 0 Å². The third-order valence-electron chi connectivity index (χ3n) is 9.25. The molecule has 5 saturated carbocycles. The van der Waals surface area contributed by atoms with E-state index in [1.807, 2.05) is 0 Å². The van der Waals surface area contributed by atoms with Gasteiger partial charge < -0.3 is 24.1 Å². The summed E-state index contributed by atoms with van der Waals surface area (Å²) in [5, 5.41) is 11.0. The molecular weight excluding hydrogens is 376 g/mol. The maximum Gasteiger partial charge on any atom is 0.312 e. The molecule has 0 aromatic rings. The average Bonchev–Trinajstić information content (AvgIpc) is 3.38. The molecule has 6 rings (SSSR count). The zero-order valence-electron chi connectivity index (χ0n) is 17.0. The lowest BCUT2D eigenvalue weighted by molar-refractivity contribution is -0.182. The van der Waals surface area contributed by atoms with Gasteiger partial charge in [-0.3, -0.25) is 9.59 Å². The Balaban J connectivity index is 1.07. The summed E-state index contributed by atoms with van der Waals surface area (Å²) in [6, 6.07) is 0. The van der Waals surface area contributed by atoms with Crippen LogP contribution in [0.3, 0.4) is 0 Å². The van der Waals surface area contributed by atoms with Crippen LogP contribution in [-0.2, 0) is 28.5 Å². The van der Waals surface area contributed by atoms with E-state index in [2.05, 4.69) is 0 Å². The lowest BCUT2D eigenvalue weighted by Gasteiger charge is -2.55. The van der Waals surface area contributed by atoms with Crippen LogP contribution in [0.2, 0.25) is 0 Å². The third-order valence-corrected chi connectivity index (χ3v) is 9.25. The Morgan fingerprint density at radius 1 is 1.14 bits per heavy atom. The first-order chi connectivity index (χ1) is 13.8. The Morgan fingerprint density at radius 3 is 2.83 bits per heavy atom. The van der Waals surface area contributed by atoms with Crippen LogP contribution in [0, 0.1) is 28.6 Å². The second-order valence-electron chi connectivity index (χ2n) is 10.8. The highest BCUT2D eigenvalue weighted by atomic mass is 16.8. The van der Waals surface area contributed by atoms with E-state index in [4.69, 9.17) is 18.9 Å². The predicted molar refractivity (Wildman–Crippen MR) is 98.4 cm³/mol. The lowest BCUT2D eigenvalue weighted by atomic mass is 9.52. The normalized spacial score (nSPS) is 53.9. The molecule has 8 unspecified atom stereocenters. The number of ether oxygens (including phenoxy) is 4. The van der Waals surface area contributed by atoms with Crippen LogP contribution < -0.4 is 0 Å². The number of carbonyl (C=O) groups excluding carboxylic acids is 2. The predicted octanol–water partition coefficient (Wildman–Crippen LogP) is 1.95. The van der Waals surface area contributed by atoms with Crippen molar-refractivity contribution in [2.24, 2.45) is 28.6 Å². The van der Waals surface area contributed by atoms with Gasteiger partial charge in [-0.2, -0.15) is 0 Å². The SMILES string of the molecule is COC(=O)C1CCC2(C1)OCC(COC(=O)C13CC4CC5(O)CC(C1)C5(C4)C3)O2. The summed E-state index contributed by atoms with van der Waals surface area (Å²) in [5.41, 5.74) is -0.942. The molecule has 5 aliphatic carbocycles. The first-order valence-corrected chi connectivity index (χ1v) is 11.1. The van der Waals surface area contributed by atoms with E-state index in [1.165, 1.54) is 7.11 Å². The number of carbonyl (C=O) groups is 2. The molecular formula is C22H30O7. The topological polar surface area (TPSA) is 91.3 Å². The molecule has 7 heteroatoms. The second-order valence-corrected chi connectivity index (χ2v) is 10.8. The van der Waals surface area contributed by atoms with Crippen LogP contribution in [0.5, 0.6) is 0 Å². The summed E-state index contributed by atoms with van der Waals surface area (Å²) in [7, 11) is 1.40. The summed E-state index contributed by atoms with van der Waals surface area (Å²) < 4.78 is 22.6. The molecule has 6 fully saturated rings. The maximum absolute atomic E-state index is 13.2. The Morgan fingerprint density at radius 2 is 2.00 bits per heavy atom. The van der Waals surface area contributed by atoms with Gasteiger partial charge in [0.15, 0.2) is 5.79 Å². The number of hydrogen-bond donors (Lipinski definition) is 1. The fourth-order valence-corrected chi connectivity index (χ4v) is 8.25. The molecule has 8 atom stereocenters. The van der Waals surface area contributed by atoms with E-state index in [0.29, 0.717) is 37.7 Å². The van der Waals surface area contributed by atoms with Crippen molar-refractivity contribution in [3.05, 3.63) is 0 Å². The lowest BCUT2D eigenvalue weighted by Crippen LogP contribution is -2.57. The molecule has 0 amide bonds. The molecule has 1 N–H and O–H groups in total. The van der Waals surface area contributed by atoms with Gasteiger partial charge in [0.2, 0.25) is 0 Å². The van der Waals surface area contributed by atoms with Gasteiger partial charge in [0, 0.05) is 18.3 Å². The van der Waals surface area contributed by atoms with Gasteiger partial charge in [0.25, 0.3) is 0 Å². The number of aliphatic hydroxyl groups is 1. The van der Waals surface area contributed by atoms with Crippen molar-refractivity contribution in [2.45, 2.75) is 75.3 Å². The Hall–Kier alpha value is -1.18. The molecule has 160 valence electrons. The van der Waals surface area contributed by atoms with Gasteiger partial charge >= 0.3 is 11.9 Å². The van der Waals surface area contributed by atoms with Crippen LogP contribution in [0.25, 0.3) is 0 Å². The Bertz CT molecular complexity index is 764. The number of esters is 2. The monoisotopic (exact) mass is 406 g/mol. The van der Waals surface area contributed by atoms with Crippen molar-refractivity contribution in [2.75, 3.05) is 20.3 Å².